The third-order valence-corrected chi connectivity index (χ3v) is 2.93. The van der Waals surface area contributed by atoms with Gasteiger partial charge in [0, 0.05) is 29.8 Å². The molecule has 8 heteroatoms. The molecule has 0 bridgehead atoms. The Morgan fingerprint density at radius 1 is 1.43 bits per heavy atom. The molecule has 0 aliphatic carbocycles. The molecule has 0 unspecified atom stereocenters. The zero-order valence-corrected chi connectivity index (χ0v) is 15.7. The van der Waals surface area contributed by atoms with Gasteiger partial charge in [-0.15, -0.1) is 23.3 Å². The highest BCUT2D eigenvalue weighted by Crippen LogP contribution is 2.32. The normalized spacial score (nSPS) is 9.67. The summed E-state index contributed by atoms with van der Waals surface area (Å²) in [5.41, 5.74) is -0.462. The molecular formula is C13H20BrNO4S2. The number of rotatable bonds is 4. The average Bonchev–Trinajstić information content (AvgIpc) is 2.49. The van der Waals surface area contributed by atoms with Crippen LogP contribution in [0.1, 0.15) is 26.3 Å². The van der Waals surface area contributed by atoms with Crippen LogP contribution >= 0.6 is 39.3 Å². The maximum absolute atomic E-state index is 10.9. The molecule has 0 aromatic heterocycles. The van der Waals surface area contributed by atoms with Gasteiger partial charge in [0.2, 0.25) is 0 Å². The van der Waals surface area contributed by atoms with Crippen molar-refractivity contribution in [3.63, 3.8) is 0 Å². The molecule has 0 saturated heterocycles. The maximum atomic E-state index is 10.9. The first-order chi connectivity index (χ1) is 9.80. The molecule has 0 atom stereocenters. The summed E-state index contributed by atoms with van der Waals surface area (Å²) in [6.45, 7) is 6.08. The number of thiol groups is 2. The summed E-state index contributed by atoms with van der Waals surface area (Å²) >= 11 is 9.60. The SMILES string of the molecule is CC(C)(C=O)c1ccc(Br)cc1[N+](=O)[O-].CCOC.SS. The predicted molar refractivity (Wildman–Crippen MR) is 95.4 cm³/mol. The van der Waals surface area contributed by atoms with Gasteiger partial charge in [0.1, 0.15) is 6.29 Å². The fraction of sp³-hybridized carbons (Fsp3) is 0.462. The first-order valence-electron chi connectivity index (χ1n) is 5.89. The Morgan fingerprint density at radius 2 is 1.90 bits per heavy atom. The van der Waals surface area contributed by atoms with Gasteiger partial charge in [-0.3, -0.25) is 10.1 Å². The van der Waals surface area contributed by atoms with Crippen molar-refractivity contribution in [3.8, 4) is 0 Å². The second kappa shape index (κ2) is 12.0. The van der Waals surface area contributed by atoms with E-state index in [-0.39, 0.29) is 5.69 Å². The second-order valence-electron chi connectivity index (χ2n) is 4.34. The molecule has 0 saturated carbocycles. The Kier molecular flexibility index (Phi) is 13.0. The van der Waals surface area contributed by atoms with E-state index in [4.69, 9.17) is 0 Å². The molecule has 0 aliphatic heterocycles. The minimum atomic E-state index is -0.844. The van der Waals surface area contributed by atoms with Crippen LogP contribution in [0.5, 0.6) is 0 Å². The van der Waals surface area contributed by atoms with Gasteiger partial charge < -0.3 is 9.53 Å². The summed E-state index contributed by atoms with van der Waals surface area (Å²) in [7, 11) is 1.68. The lowest BCUT2D eigenvalue weighted by atomic mass is 9.85. The van der Waals surface area contributed by atoms with E-state index in [1.807, 2.05) is 6.92 Å². The van der Waals surface area contributed by atoms with Crippen molar-refractivity contribution in [2.75, 3.05) is 13.7 Å². The van der Waals surface area contributed by atoms with E-state index in [0.717, 1.165) is 6.61 Å². The molecule has 1 rings (SSSR count). The van der Waals surface area contributed by atoms with Crippen LogP contribution in [0.4, 0.5) is 5.69 Å². The Morgan fingerprint density at radius 3 is 2.24 bits per heavy atom. The van der Waals surface area contributed by atoms with E-state index < -0.39 is 10.3 Å². The molecule has 0 amide bonds. The maximum Gasteiger partial charge on any atom is 0.274 e. The van der Waals surface area contributed by atoms with E-state index in [1.165, 1.54) is 6.07 Å². The van der Waals surface area contributed by atoms with Crippen molar-refractivity contribution < 1.29 is 14.5 Å². The van der Waals surface area contributed by atoms with Crippen LogP contribution in [0.25, 0.3) is 0 Å². The fourth-order valence-corrected chi connectivity index (χ4v) is 1.61. The van der Waals surface area contributed by atoms with Crippen LogP contribution in [-0.4, -0.2) is 24.9 Å². The number of aldehydes is 1. The number of carbonyl (C=O) groups is 1. The van der Waals surface area contributed by atoms with Crippen molar-refractivity contribution in [2.24, 2.45) is 0 Å². The number of nitro benzene ring substituents is 1. The van der Waals surface area contributed by atoms with Gasteiger partial charge in [0.25, 0.3) is 5.69 Å². The molecule has 0 N–H and O–H groups in total. The number of nitro groups is 1. The monoisotopic (exact) mass is 397 g/mol. The molecule has 0 heterocycles. The van der Waals surface area contributed by atoms with E-state index in [0.29, 0.717) is 16.3 Å². The lowest BCUT2D eigenvalue weighted by Crippen LogP contribution is -2.20. The summed E-state index contributed by atoms with van der Waals surface area (Å²) in [5, 5.41) is 10.8. The topological polar surface area (TPSA) is 69.4 Å². The number of halogens is 1. The number of hydrogen-bond acceptors (Lipinski definition) is 6. The van der Waals surface area contributed by atoms with Crippen LogP contribution in [0.3, 0.4) is 0 Å². The molecule has 1 aromatic rings. The van der Waals surface area contributed by atoms with Crippen LogP contribution in [0.2, 0.25) is 0 Å². The number of benzene rings is 1. The lowest BCUT2D eigenvalue weighted by Gasteiger charge is -2.17. The highest BCUT2D eigenvalue weighted by atomic mass is 79.9. The highest BCUT2D eigenvalue weighted by Gasteiger charge is 2.28. The molecule has 120 valence electrons. The fourth-order valence-electron chi connectivity index (χ4n) is 1.26. The number of nitrogens with zero attached hydrogens (tertiary/aromatic N) is 1. The van der Waals surface area contributed by atoms with Crippen LogP contribution in [0.15, 0.2) is 22.7 Å². The van der Waals surface area contributed by atoms with Crippen LogP contribution in [0, 0.1) is 10.1 Å². The minimum absolute atomic E-state index is 0.0403. The summed E-state index contributed by atoms with van der Waals surface area (Å²) in [6.07, 6.45) is 0.712. The van der Waals surface area contributed by atoms with Gasteiger partial charge in [-0.05, 0) is 26.8 Å². The highest BCUT2D eigenvalue weighted by molar-refractivity contribution is 9.10. The van der Waals surface area contributed by atoms with Gasteiger partial charge in [0.15, 0.2) is 0 Å². The zero-order chi connectivity index (χ0) is 17.1. The number of carbonyl (C=O) groups excluding carboxylic acids is 1. The van der Waals surface area contributed by atoms with Crippen molar-refractivity contribution in [1.29, 1.82) is 0 Å². The first-order valence-corrected chi connectivity index (χ1v) is 8.29. The van der Waals surface area contributed by atoms with Crippen LogP contribution in [-0.2, 0) is 14.9 Å². The summed E-state index contributed by atoms with van der Waals surface area (Å²) in [5.74, 6) is 0. The second-order valence-corrected chi connectivity index (χ2v) is 5.25. The van der Waals surface area contributed by atoms with E-state index >= 15 is 0 Å². The zero-order valence-electron chi connectivity index (χ0n) is 12.4. The summed E-state index contributed by atoms with van der Waals surface area (Å²) in [6, 6.07) is 4.69. The lowest BCUT2D eigenvalue weighted by molar-refractivity contribution is -0.386. The Balaban J connectivity index is 0. The standard InChI is InChI=1S/C10H10BrNO3.C3H8O.H2S2/c1-10(2,6-13)8-4-3-7(11)5-9(8)12(14)15;1-3-4-2;1-2/h3-6H,1-2H3;3H2,1-2H3;1-2H. The summed E-state index contributed by atoms with van der Waals surface area (Å²) in [4.78, 5) is 21.2. The molecule has 1 aromatic carbocycles. The average molecular weight is 398 g/mol. The molecular weight excluding hydrogens is 378 g/mol. The van der Waals surface area contributed by atoms with Crippen molar-refractivity contribution in [3.05, 3.63) is 38.3 Å². The Bertz CT molecular complexity index is 454. The molecule has 5 nitrogen and oxygen atoms in total. The van der Waals surface area contributed by atoms with Gasteiger partial charge >= 0.3 is 0 Å². The van der Waals surface area contributed by atoms with Gasteiger partial charge in [-0.2, -0.15) is 0 Å². The molecule has 0 spiro atoms. The minimum Gasteiger partial charge on any atom is -0.385 e. The third-order valence-electron chi connectivity index (χ3n) is 2.43. The predicted octanol–water partition coefficient (Wildman–Crippen LogP) is 4.25. The quantitative estimate of drug-likeness (QED) is 0.262. The molecule has 0 radical (unpaired) electrons. The van der Waals surface area contributed by atoms with E-state index in [9.17, 15) is 14.9 Å². The molecule has 0 aliphatic rings. The largest absolute Gasteiger partial charge is 0.385 e. The van der Waals surface area contributed by atoms with E-state index in [1.54, 1.807) is 33.1 Å². The van der Waals surface area contributed by atoms with Crippen molar-refractivity contribution in [2.45, 2.75) is 26.2 Å². The molecule has 21 heavy (non-hydrogen) atoms. The first kappa shape index (κ1) is 22.7. The van der Waals surface area contributed by atoms with Gasteiger partial charge in [-0.1, -0.05) is 22.0 Å². The van der Waals surface area contributed by atoms with Crippen molar-refractivity contribution in [1.82, 2.24) is 0 Å². The number of methoxy groups -OCH3 is 1. The number of hydrogen-bond donors (Lipinski definition) is 2. The van der Waals surface area contributed by atoms with Gasteiger partial charge in [-0.25, -0.2) is 0 Å². The number of ether oxygens (including phenoxy) is 1. The Hall–Kier alpha value is -0.570. The third kappa shape index (κ3) is 8.45. The summed E-state index contributed by atoms with van der Waals surface area (Å²) < 4.78 is 5.17. The van der Waals surface area contributed by atoms with E-state index in [2.05, 4.69) is 44.0 Å². The smallest absolute Gasteiger partial charge is 0.274 e. The Labute approximate surface area is 144 Å². The molecule has 0 fully saturated rings. The van der Waals surface area contributed by atoms with Crippen LogP contribution < -0.4 is 0 Å². The van der Waals surface area contributed by atoms with Crippen molar-refractivity contribution >= 4 is 51.2 Å². The van der Waals surface area contributed by atoms with Gasteiger partial charge in [0.05, 0.1) is 10.3 Å².